The molecule has 1 heterocycles. The molecule has 1 amide bonds. The summed E-state index contributed by atoms with van der Waals surface area (Å²) >= 11 is 0. The van der Waals surface area contributed by atoms with Gasteiger partial charge in [-0.3, -0.25) is 9.59 Å². The van der Waals surface area contributed by atoms with Crippen LogP contribution in [-0.4, -0.2) is 10.9 Å². The molecule has 2 aromatic rings. The van der Waals surface area contributed by atoms with Crippen LogP contribution in [-0.2, 0) is 0 Å². The van der Waals surface area contributed by atoms with Crippen molar-refractivity contribution in [2.24, 2.45) is 5.73 Å². The summed E-state index contributed by atoms with van der Waals surface area (Å²) in [4.78, 5) is 24.3. The third-order valence-corrected chi connectivity index (χ3v) is 2.03. The summed E-state index contributed by atoms with van der Waals surface area (Å²) < 4.78 is 0. The molecule has 1 aromatic heterocycles. The first kappa shape index (κ1) is 8.50. The first-order valence-corrected chi connectivity index (χ1v) is 4.09. The molecule has 2 rings (SSSR count). The van der Waals surface area contributed by atoms with Gasteiger partial charge in [0.25, 0.3) is 0 Å². The van der Waals surface area contributed by atoms with Gasteiger partial charge in [-0.1, -0.05) is 6.07 Å². The Balaban J connectivity index is 2.73. The van der Waals surface area contributed by atoms with E-state index >= 15 is 0 Å². The molecule has 0 radical (unpaired) electrons. The molecule has 14 heavy (non-hydrogen) atoms. The maximum atomic E-state index is 11.0. The van der Waals surface area contributed by atoms with Crippen molar-refractivity contribution >= 4 is 16.7 Å². The van der Waals surface area contributed by atoms with Crippen LogP contribution in [0.5, 0.6) is 0 Å². The molecule has 70 valence electrons. The van der Waals surface area contributed by atoms with E-state index in [1.807, 2.05) is 0 Å². The molecule has 0 saturated heterocycles. The number of aromatic amines is 1. The van der Waals surface area contributed by atoms with E-state index in [4.69, 9.17) is 5.73 Å². The van der Waals surface area contributed by atoms with Crippen LogP contribution in [0.4, 0.5) is 0 Å². The number of benzene rings is 1. The summed E-state index contributed by atoms with van der Waals surface area (Å²) in [5.74, 6) is -0.474. The SMILES string of the molecule is NC(=O)c1ccc2cc(=O)[nH]cc2c1. The topological polar surface area (TPSA) is 76.0 Å². The average molecular weight is 188 g/mol. The minimum atomic E-state index is -0.474. The zero-order valence-corrected chi connectivity index (χ0v) is 7.28. The highest BCUT2D eigenvalue weighted by Crippen LogP contribution is 2.12. The predicted molar refractivity (Wildman–Crippen MR) is 53.1 cm³/mol. The van der Waals surface area contributed by atoms with Crippen LogP contribution < -0.4 is 11.3 Å². The summed E-state index contributed by atoms with van der Waals surface area (Å²) in [6.45, 7) is 0. The van der Waals surface area contributed by atoms with Crippen molar-refractivity contribution in [2.45, 2.75) is 0 Å². The predicted octanol–water partition coefficient (Wildman–Crippen LogP) is 0.627. The van der Waals surface area contributed by atoms with Gasteiger partial charge in [0, 0.05) is 17.8 Å². The van der Waals surface area contributed by atoms with E-state index in [0.717, 1.165) is 10.8 Å². The Morgan fingerprint density at radius 1 is 1.21 bits per heavy atom. The van der Waals surface area contributed by atoms with Crippen LogP contribution in [0.3, 0.4) is 0 Å². The van der Waals surface area contributed by atoms with Gasteiger partial charge in [-0.05, 0) is 22.9 Å². The Hall–Kier alpha value is -2.10. The fourth-order valence-electron chi connectivity index (χ4n) is 1.32. The third kappa shape index (κ3) is 1.37. The Bertz CT molecular complexity index is 557. The van der Waals surface area contributed by atoms with Gasteiger partial charge >= 0.3 is 0 Å². The first-order valence-electron chi connectivity index (χ1n) is 4.09. The van der Waals surface area contributed by atoms with E-state index in [1.54, 1.807) is 24.4 Å². The van der Waals surface area contributed by atoms with Crippen LogP contribution in [0.25, 0.3) is 10.8 Å². The quantitative estimate of drug-likeness (QED) is 0.688. The van der Waals surface area contributed by atoms with E-state index in [0.29, 0.717) is 5.56 Å². The molecule has 1 aromatic carbocycles. The maximum absolute atomic E-state index is 11.0. The van der Waals surface area contributed by atoms with E-state index in [-0.39, 0.29) is 5.56 Å². The highest BCUT2D eigenvalue weighted by molar-refractivity contribution is 5.97. The van der Waals surface area contributed by atoms with Crippen LogP contribution in [0.2, 0.25) is 0 Å². The van der Waals surface area contributed by atoms with Crippen molar-refractivity contribution in [1.29, 1.82) is 0 Å². The van der Waals surface area contributed by atoms with Gasteiger partial charge in [-0.2, -0.15) is 0 Å². The first-order chi connectivity index (χ1) is 6.66. The fraction of sp³-hybridized carbons (Fsp3) is 0. The number of fused-ring (bicyclic) bond motifs is 1. The zero-order chi connectivity index (χ0) is 10.1. The molecule has 4 nitrogen and oxygen atoms in total. The van der Waals surface area contributed by atoms with Gasteiger partial charge < -0.3 is 10.7 Å². The molecule has 0 aliphatic heterocycles. The van der Waals surface area contributed by atoms with Gasteiger partial charge in [0.15, 0.2) is 0 Å². The number of rotatable bonds is 1. The summed E-state index contributed by atoms with van der Waals surface area (Å²) in [6.07, 6.45) is 1.56. The van der Waals surface area contributed by atoms with E-state index in [9.17, 15) is 9.59 Å². The number of pyridine rings is 1. The Kier molecular flexibility index (Phi) is 1.81. The number of amides is 1. The van der Waals surface area contributed by atoms with Crippen LogP contribution in [0.15, 0.2) is 35.3 Å². The summed E-state index contributed by atoms with van der Waals surface area (Å²) in [6, 6.07) is 6.42. The van der Waals surface area contributed by atoms with Gasteiger partial charge in [-0.15, -0.1) is 0 Å². The van der Waals surface area contributed by atoms with Gasteiger partial charge in [0.2, 0.25) is 11.5 Å². The molecule has 3 N–H and O–H groups in total. The number of primary amides is 1. The second-order valence-electron chi connectivity index (χ2n) is 3.01. The summed E-state index contributed by atoms with van der Waals surface area (Å²) in [7, 11) is 0. The molecule has 0 atom stereocenters. The molecule has 4 heteroatoms. The maximum Gasteiger partial charge on any atom is 0.248 e. The summed E-state index contributed by atoms with van der Waals surface area (Å²) in [5, 5.41) is 1.58. The van der Waals surface area contributed by atoms with E-state index in [2.05, 4.69) is 4.98 Å². The monoisotopic (exact) mass is 188 g/mol. The number of aromatic nitrogens is 1. The number of hydrogen-bond donors (Lipinski definition) is 2. The minimum absolute atomic E-state index is 0.163. The number of nitrogens with one attached hydrogen (secondary N) is 1. The average Bonchev–Trinajstić information content (AvgIpc) is 2.16. The Morgan fingerprint density at radius 2 is 2.00 bits per heavy atom. The second kappa shape index (κ2) is 2.99. The lowest BCUT2D eigenvalue weighted by Gasteiger charge is -1.98. The Morgan fingerprint density at radius 3 is 2.71 bits per heavy atom. The highest BCUT2D eigenvalue weighted by Gasteiger charge is 2.01. The van der Waals surface area contributed by atoms with Gasteiger partial charge in [-0.25, -0.2) is 0 Å². The van der Waals surface area contributed by atoms with Gasteiger partial charge in [0.1, 0.15) is 0 Å². The van der Waals surface area contributed by atoms with Crippen molar-refractivity contribution in [3.63, 3.8) is 0 Å². The van der Waals surface area contributed by atoms with Crippen molar-refractivity contribution in [3.8, 4) is 0 Å². The standard InChI is InChI=1S/C10H8N2O2/c11-10(14)7-2-1-6-4-9(13)12-5-8(6)3-7/h1-5H,(H2,11,14)(H,12,13). The molecule has 0 bridgehead atoms. The number of carbonyl (C=O) groups excluding carboxylic acids is 1. The second-order valence-corrected chi connectivity index (χ2v) is 3.01. The molecule has 0 spiro atoms. The molecule has 0 fully saturated rings. The highest BCUT2D eigenvalue weighted by atomic mass is 16.1. The van der Waals surface area contributed by atoms with Crippen molar-refractivity contribution < 1.29 is 4.79 Å². The number of H-pyrrole nitrogens is 1. The molecular formula is C10H8N2O2. The van der Waals surface area contributed by atoms with E-state index in [1.165, 1.54) is 6.07 Å². The normalized spacial score (nSPS) is 10.3. The van der Waals surface area contributed by atoms with E-state index < -0.39 is 5.91 Å². The largest absolute Gasteiger partial charge is 0.366 e. The van der Waals surface area contributed by atoms with Gasteiger partial charge in [0.05, 0.1) is 0 Å². The number of hydrogen-bond acceptors (Lipinski definition) is 2. The van der Waals surface area contributed by atoms with Crippen molar-refractivity contribution in [2.75, 3.05) is 0 Å². The number of carbonyl (C=O) groups is 1. The lowest BCUT2D eigenvalue weighted by molar-refractivity contribution is 0.100. The summed E-state index contributed by atoms with van der Waals surface area (Å²) in [5.41, 5.74) is 5.40. The zero-order valence-electron chi connectivity index (χ0n) is 7.28. The van der Waals surface area contributed by atoms with Crippen molar-refractivity contribution in [1.82, 2.24) is 4.98 Å². The third-order valence-electron chi connectivity index (χ3n) is 2.03. The fourth-order valence-corrected chi connectivity index (χ4v) is 1.32. The molecule has 0 aliphatic carbocycles. The van der Waals surface area contributed by atoms with Crippen LogP contribution in [0, 0.1) is 0 Å². The number of nitrogens with two attached hydrogens (primary N) is 1. The van der Waals surface area contributed by atoms with Crippen LogP contribution in [0.1, 0.15) is 10.4 Å². The molecule has 0 unspecified atom stereocenters. The molecule has 0 aliphatic rings. The lowest BCUT2D eigenvalue weighted by Crippen LogP contribution is -2.10. The lowest BCUT2D eigenvalue weighted by atomic mass is 10.1. The van der Waals surface area contributed by atoms with Crippen molar-refractivity contribution in [3.05, 3.63) is 46.4 Å². The molecule has 0 saturated carbocycles. The Labute approximate surface area is 79.4 Å². The minimum Gasteiger partial charge on any atom is -0.366 e. The smallest absolute Gasteiger partial charge is 0.248 e. The van der Waals surface area contributed by atoms with Crippen LogP contribution >= 0.6 is 0 Å². The molecular weight excluding hydrogens is 180 g/mol.